The number of benzene rings is 8. The minimum absolute atomic E-state index is 0.867. The Morgan fingerprint density at radius 2 is 0.608 bits per heavy atom. The van der Waals surface area contributed by atoms with Crippen LogP contribution in [0.15, 0.2) is 186 Å². The molecule has 0 saturated carbocycles. The molecule has 3 nitrogen and oxygen atoms in total. The maximum atomic E-state index is 6.85. The van der Waals surface area contributed by atoms with Gasteiger partial charge in [-0.1, -0.05) is 133 Å². The molecule has 11 aromatic rings. The van der Waals surface area contributed by atoms with Crippen molar-refractivity contribution >= 4 is 65.6 Å². The molecule has 0 atom stereocenters. The van der Waals surface area contributed by atoms with Crippen molar-refractivity contribution in [2.24, 2.45) is 0 Å². The Labute approximate surface area is 293 Å². The van der Waals surface area contributed by atoms with E-state index in [1.807, 2.05) is 0 Å². The van der Waals surface area contributed by atoms with Gasteiger partial charge in [0.1, 0.15) is 11.2 Å². The van der Waals surface area contributed by atoms with E-state index < -0.39 is 0 Å². The maximum Gasteiger partial charge on any atom is 0.136 e. The molecule has 0 unspecified atom stereocenters. The molecule has 0 spiro atoms. The molecule has 3 heteroatoms. The van der Waals surface area contributed by atoms with E-state index in [0.29, 0.717) is 0 Å². The average molecular weight is 651 g/mol. The number of aromatic nitrogens is 2. The van der Waals surface area contributed by atoms with Crippen LogP contribution >= 0.6 is 0 Å². The highest BCUT2D eigenvalue weighted by molar-refractivity contribution is 6.14. The lowest BCUT2D eigenvalue weighted by Gasteiger charge is -2.15. The van der Waals surface area contributed by atoms with Gasteiger partial charge in [0.25, 0.3) is 0 Å². The van der Waals surface area contributed by atoms with Gasteiger partial charge in [0.2, 0.25) is 0 Å². The zero-order valence-corrected chi connectivity index (χ0v) is 27.6. The van der Waals surface area contributed by atoms with Crippen molar-refractivity contribution in [3.05, 3.63) is 182 Å². The average Bonchev–Trinajstić information content (AvgIpc) is 3.84. The predicted octanol–water partition coefficient (Wildman–Crippen LogP) is 13.1. The van der Waals surface area contributed by atoms with Crippen LogP contribution in [0.2, 0.25) is 0 Å². The van der Waals surface area contributed by atoms with Crippen molar-refractivity contribution < 1.29 is 4.42 Å². The number of para-hydroxylation sites is 4. The van der Waals surface area contributed by atoms with Gasteiger partial charge in [-0.3, -0.25) is 0 Å². The third-order valence-electron chi connectivity index (χ3n) is 10.5. The van der Waals surface area contributed by atoms with Gasteiger partial charge in [-0.25, -0.2) is 0 Å². The van der Waals surface area contributed by atoms with E-state index in [1.165, 1.54) is 43.6 Å². The zero-order valence-electron chi connectivity index (χ0n) is 27.6. The Balaban J connectivity index is 1.28. The molecule has 51 heavy (non-hydrogen) atoms. The van der Waals surface area contributed by atoms with Gasteiger partial charge in [0, 0.05) is 43.4 Å². The van der Waals surface area contributed by atoms with Crippen molar-refractivity contribution in [3.8, 4) is 33.6 Å². The van der Waals surface area contributed by atoms with Crippen molar-refractivity contribution in [1.29, 1.82) is 0 Å². The smallest absolute Gasteiger partial charge is 0.136 e. The van der Waals surface area contributed by atoms with Crippen LogP contribution in [-0.2, 0) is 0 Å². The first-order valence-electron chi connectivity index (χ1n) is 17.4. The molecule has 3 aromatic heterocycles. The predicted molar refractivity (Wildman–Crippen MR) is 213 cm³/mol. The molecular weight excluding hydrogens is 621 g/mol. The van der Waals surface area contributed by atoms with Crippen molar-refractivity contribution in [1.82, 2.24) is 9.13 Å². The second-order valence-corrected chi connectivity index (χ2v) is 13.3. The van der Waals surface area contributed by atoms with Crippen LogP contribution in [0.3, 0.4) is 0 Å². The molecule has 0 aliphatic carbocycles. The van der Waals surface area contributed by atoms with E-state index in [4.69, 9.17) is 4.42 Å². The molecule has 11 rings (SSSR count). The van der Waals surface area contributed by atoms with Crippen LogP contribution in [0.5, 0.6) is 0 Å². The summed E-state index contributed by atoms with van der Waals surface area (Å²) in [5, 5.41) is 7.14. The van der Waals surface area contributed by atoms with Gasteiger partial charge in [-0.15, -0.1) is 0 Å². The summed E-state index contributed by atoms with van der Waals surface area (Å²) in [6.07, 6.45) is 0. The van der Waals surface area contributed by atoms with Gasteiger partial charge in [0.15, 0.2) is 0 Å². The molecular formula is C48H30N2O. The van der Waals surface area contributed by atoms with Crippen molar-refractivity contribution in [3.63, 3.8) is 0 Å². The Morgan fingerprint density at radius 1 is 0.294 bits per heavy atom. The number of furan rings is 1. The molecule has 0 aliphatic heterocycles. The number of fused-ring (bicyclic) bond motifs is 9. The number of hydrogen-bond acceptors (Lipinski definition) is 1. The monoisotopic (exact) mass is 650 g/mol. The Bertz CT molecular complexity index is 2810. The fraction of sp³-hybridized carbons (Fsp3) is 0. The second kappa shape index (κ2) is 10.8. The summed E-state index contributed by atoms with van der Waals surface area (Å²) in [6.45, 7) is 0. The summed E-state index contributed by atoms with van der Waals surface area (Å²) in [7, 11) is 0. The highest BCUT2D eigenvalue weighted by Crippen LogP contribution is 2.44. The Hall–Kier alpha value is -6.84. The zero-order chi connectivity index (χ0) is 33.5. The van der Waals surface area contributed by atoms with Crippen LogP contribution < -0.4 is 0 Å². The van der Waals surface area contributed by atoms with Gasteiger partial charge in [0.05, 0.1) is 33.4 Å². The highest BCUT2D eigenvalue weighted by atomic mass is 16.3. The number of nitrogens with zero attached hydrogens (tertiary/aromatic N) is 2. The van der Waals surface area contributed by atoms with Crippen LogP contribution in [0.25, 0.3) is 99.2 Å². The Kier molecular flexibility index (Phi) is 5.96. The molecule has 238 valence electrons. The van der Waals surface area contributed by atoms with Gasteiger partial charge in [-0.05, 0) is 59.7 Å². The first-order chi connectivity index (χ1) is 25.3. The molecule has 0 N–H and O–H groups in total. The van der Waals surface area contributed by atoms with E-state index in [2.05, 4.69) is 191 Å². The fourth-order valence-corrected chi connectivity index (χ4v) is 8.28. The highest BCUT2D eigenvalue weighted by Gasteiger charge is 2.22. The minimum Gasteiger partial charge on any atom is -0.456 e. The lowest BCUT2D eigenvalue weighted by molar-refractivity contribution is 0.669. The third-order valence-corrected chi connectivity index (χ3v) is 10.5. The third kappa shape index (κ3) is 4.12. The molecule has 8 aromatic carbocycles. The molecule has 0 bridgehead atoms. The lowest BCUT2D eigenvalue weighted by atomic mass is 9.98. The van der Waals surface area contributed by atoms with Crippen LogP contribution in [-0.4, -0.2) is 9.13 Å². The SMILES string of the molecule is c1ccc(-c2cc3oc4cc(-c5ccccc5)c(-n5c6ccccc6c6ccccc65)cc4c3cc2-n2c3ccccc3c3ccccc32)cc1. The maximum absolute atomic E-state index is 6.85. The second-order valence-electron chi connectivity index (χ2n) is 13.3. The fourth-order valence-electron chi connectivity index (χ4n) is 8.28. The topological polar surface area (TPSA) is 23.0 Å². The molecule has 3 heterocycles. The molecule has 0 radical (unpaired) electrons. The van der Waals surface area contributed by atoms with E-state index >= 15 is 0 Å². The summed E-state index contributed by atoms with van der Waals surface area (Å²) < 4.78 is 11.7. The first kappa shape index (κ1) is 28.0. The van der Waals surface area contributed by atoms with Gasteiger partial charge in [-0.2, -0.15) is 0 Å². The summed E-state index contributed by atoms with van der Waals surface area (Å²) in [5.41, 5.74) is 13.2. The number of rotatable bonds is 4. The molecule has 0 aliphatic rings. The van der Waals surface area contributed by atoms with Crippen molar-refractivity contribution in [2.75, 3.05) is 0 Å². The van der Waals surface area contributed by atoms with E-state index in [9.17, 15) is 0 Å². The standard InChI is InChI=1S/C48H30N2O/c1-3-15-31(16-4-1)37-29-47-39(27-45(37)49-41-23-11-7-19-33(41)34-20-8-12-24-42(34)49)40-28-46(38(30-48(40)51-47)32-17-5-2-6-18-32)50-43-25-13-9-21-35(43)36-22-10-14-26-44(36)50/h1-30H. The van der Waals surface area contributed by atoms with E-state index in [0.717, 1.165) is 55.6 Å². The lowest BCUT2D eigenvalue weighted by Crippen LogP contribution is -1.98. The normalized spacial score (nSPS) is 11.9. The summed E-state index contributed by atoms with van der Waals surface area (Å²) in [5.74, 6) is 0. The van der Waals surface area contributed by atoms with E-state index in [1.54, 1.807) is 0 Å². The van der Waals surface area contributed by atoms with Gasteiger partial charge < -0.3 is 13.6 Å². The van der Waals surface area contributed by atoms with Crippen LogP contribution in [0.1, 0.15) is 0 Å². The van der Waals surface area contributed by atoms with E-state index in [-0.39, 0.29) is 0 Å². The summed E-state index contributed by atoms with van der Waals surface area (Å²) in [4.78, 5) is 0. The van der Waals surface area contributed by atoms with Crippen LogP contribution in [0, 0.1) is 0 Å². The number of hydrogen-bond donors (Lipinski definition) is 0. The molecule has 0 amide bonds. The Morgan fingerprint density at radius 3 is 0.961 bits per heavy atom. The van der Waals surface area contributed by atoms with Gasteiger partial charge >= 0.3 is 0 Å². The quantitative estimate of drug-likeness (QED) is 0.186. The van der Waals surface area contributed by atoms with Crippen molar-refractivity contribution in [2.45, 2.75) is 0 Å². The summed E-state index contributed by atoms with van der Waals surface area (Å²) in [6, 6.07) is 65.4. The summed E-state index contributed by atoms with van der Waals surface area (Å²) >= 11 is 0. The first-order valence-corrected chi connectivity index (χ1v) is 17.4. The molecule has 0 saturated heterocycles. The molecule has 0 fully saturated rings. The van der Waals surface area contributed by atoms with Crippen LogP contribution in [0.4, 0.5) is 0 Å². The largest absolute Gasteiger partial charge is 0.456 e. The minimum atomic E-state index is 0.867.